The first-order chi connectivity index (χ1) is 20.2. The molecule has 2 aromatic carbocycles. The molecule has 1 fully saturated rings. The molecule has 45 heavy (non-hydrogen) atoms. The van der Waals surface area contributed by atoms with E-state index < -0.39 is 29.3 Å². The highest BCUT2D eigenvalue weighted by atomic mass is 19.4. The zero-order chi connectivity index (χ0) is 31.3. The molecule has 5 rings (SSSR count). The third kappa shape index (κ3) is 10.0. The second-order valence-electron chi connectivity index (χ2n) is 9.47. The molecule has 0 spiro atoms. The summed E-state index contributed by atoms with van der Waals surface area (Å²) in [6.45, 7) is 4.18. The molecule has 1 aliphatic heterocycles. The van der Waals surface area contributed by atoms with Crippen molar-refractivity contribution in [1.82, 2.24) is 9.97 Å². The SMILES string of the molecule is C.C.CC(=O)c1ccc(Nc2cccc(C(F)(F)F)c2)cn1.CC1(c2ccc(Nc3cccc(C(F)(F)F)c3)cn2)OCCO1. The number of nitrogens with zero attached hydrogens (tertiary/aromatic N) is 2. The van der Waals surface area contributed by atoms with Gasteiger partial charge < -0.3 is 20.1 Å². The number of benzene rings is 2. The maximum Gasteiger partial charge on any atom is 0.416 e. The van der Waals surface area contributed by atoms with Gasteiger partial charge in [0.2, 0.25) is 5.79 Å². The van der Waals surface area contributed by atoms with Crippen LogP contribution in [0.15, 0.2) is 85.2 Å². The predicted octanol–water partition coefficient (Wildman–Crippen LogP) is 9.38. The molecule has 0 amide bonds. The summed E-state index contributed by atoms with van der Waals surface area (Å²) >= 11 is 0. The number of ketones is 1. The van der Waals surface area contributed by atoms with E-state index in [2.05, 4.69) is 20.6 Å². The third-order valence-corrected chi connectivity index (χ3v) is 6.15. The Labute approximate surface area is 257 Å². The van der Waals surface area contributed by atoms with Crippen molar-refractivity contribution in [3.8, 4) is 0 Å². The first-order valence-electron chi connectivity index (χ1n) is 12.8. The van der Waals surface area contributed by atoms with Gasteiger partial charge in [0.15, 0.2) is 5.78 Å². The monoisotopic (exact) mass is 636 g/mol. The number of alkyl halides is 6. The van der Waals surface area contributed by atoms with Gasteiger partial charge in [0.05, 0.1) is 53.8 Å². The average Bonchev–Trinajstić information content (AvgIpc) is 3.41. The number of carbonyl (C=O) groups excluding carboxylic acids is 1. The predicted molar refractivity (Wildman–Crippen MR) is 161 cm³/mol. The van der Waals surface area contributed by atoms with Crippen LogP contribution in [-0.2, 0) is 27.6 Å². The van der Waals surface area contributed by atoms with E-state index in [-0.39, 0.29) is 20.6 Å². The Bertz CT molecular complexity index is 1540. The van der Waals surface area contributed by atoms with Crippen molar-refractivity contribution in [1.29, 1.82) is 0 Å². The van der Waals surface area contributed by atoms with Crippen LogP contribution in [0, 0.1) is 0 Å². The van der Waals surface area contributed by atoms with Crippen molar-refractivity contribution in [2.24, 2.45) is 0 Å². The van der Waals surface area contributed by atoms with Crippen LogP contribution in [0.4, 0.5) is 49.1 Å². The van der Waals surface area contributed by atoms with Crippen LogP contribution in [0.1, 0.15) is 56.0 Å². The quantitative estimate of drug-likeness (QED) is 0.161. The van der Waals surface area contributed by atoms with E-state index in [0.29, 0.717) is 47.4 Å². The van der Waals surface area contributed by atoms with Gasteiger partial charge in [-0.1, -0.05) is 27.0 Å². The van der Waals surface area contributed by atoms with Gasteiger partial charge >= 0.3 is 12.4 Å². The van der Waals surface area contributed by atoms with Gasteiger partial charge in [-0.2, -0.15) is 26.3 Å². The zero-order valence-electron chi connectivity index (χ0n) is 22.9. The highest BCUT2D eigenvalue weighted by Crippen LogP contribution is 2.33. The lowest BCUT2D eigenvalue weighted by atomic mass is 10.2. The number of Topliss-reactive ketones (excluding diaryl/α,β-unsaturated/α-hetero) is 1. The topological polar surface area (TPSA) is 85.4 Å². The fourth-order valence-electron chi connectivity index (χ4n) is 3.95. The second-order valence-corrected chi connectivity index (χ2v) is 9.47. The van der Waals surface area contributed by atoms with Crippen molar-refractivity contribution in [3.63, 3.8) is 0 Å². The molecule has 1 aliphatic rings. The maximum absolute atomic E-state index is 12.7. The molecule has 0 atom stereocenters. The van der Waals surface area contributed by atoms with Crippen LogP contribution in [-0.4, -0.2) is 29.0 Å². The van der Waals surface area contributed by atoms with Gasteiger partial charge in [0.25, 0.3) is 0 Å². The van der Waals surface area contributed by atoms with Gasteiger partial charge in [-0.15, -0.1) is 0 Å². The minimum Gasteiger partial charge on any atom is -0.354 e. The van der Waals surface area contributed by atoms with Gasteiger partial charge in [0, 0.05) is 18.3 Å². The molecular weight excluding hydrogens is 602 g/mol. The highest BCUT2D eigenvalue weighted by molar-refractivity contribution is 5.92. The summed E-state index contributed by atoms with van der Waals surface area (Å²) in [4.78, 5) is 19.2. The molecule has 0 radical (unpaired) electrons. The standard InChI is InChI=1S/C16H15F3N2O2.C14H11F3N2O.2CH4/c1-15(22-7-8-23-15)14-6-5-13(10-20-14)21-12-4-2-3-11(9-12)16(17,18)19;1-9(20)13-6-5-12(8-18-13)19-11-4-2-3-10(7-11)14(15,16)17;;/h2-6,9-10,21H,7-8H2,1H3;2-8,19H,1H3;2*1H4. The number of pyridine rings is 2. The van der Waals surface area contributed by atoms with Crippen LogP contribution >= 0.6 is 0 Å². The Morgan fingerprint density at radius 1 is 0.711 bits per heavy atom. The van der Waals surface area contributed by atoms with Crippen LogP contribution in [0.25, 0.3) is 0 Å². The van der Waals surface area contributed by atoms with E-state index >= 15 is 0 Å². The van der Waals surface area contributed by atoms with E-state index in [4.69, 9.17) is 9.47 Å². The molecular formula is C32H34F6N4O3. The van der Waals surface area contributed by atoms with Crippen molar-refractivity contribution in [3.05, 3.63) is 108 Å². The number of hydrogen-bond donors (Lipinski definition) is 2. The van der Waals surface area contributed by atoms with Gasteiger partial charge in [-0.3, -0.25) is 14.8 Å². The number of ether oxygens (including phenoxy) is 2. The molecule has 2 aromatic heterocycles. The summed E-state index contributed by atoms with van der Waals surface area (Å²) in [6.07, 6.45) is -5.82. The normalized spacial score (nSPS) is 13.8. The summed E-state index contributed by atoms with van der Waals surface area (Å²) in [5.74, 6) is -1.04. The minimum absolute atomic E-state index is 0. The number of anilines is 4. The molecule has 0 bridgehead atoms. The average molecular weight is 637 g/mol. The first kappa shape index (κ1) is 36.7. The minimum atomic E-state index is -4.38. The number of rotatable bonds is 6. The molecule has 0 aliphatic carbocycles. The number of aromatic nitrogens is 2. The summed E-state index contributed by atoms with van der Waals surface area (Å²) in [6, 6.07) is 16.4. The number of hydrogen-bond acceptors (Lipinski definition) is 7. The van der Waals surface area contributed by atoms with Crippen molar-refractivity contribution >= 4 is 28.5 Å². The first-order valence-corrected chi connectivity index (χ1v) is 12.8. The lowest BCUT2D eigenvalue weighted by molar-refractivity contribution is -0.152. The Kier molecular flexibility index (Phi) is 12.2. The van der Waals surface area contributed by atoms with E-state index in [1.807, 2.05) is 0 Å². The molecule has 1 saturated heterocycles. The summed E-state index contributed by atoms with van der Waals surface area (Å²) in [5.41, 5.74) is 1.22. The summed E-state index contributed by atoms with van der Waals surface area (Å²) < 4.78 is 86.8. The van der Waals surface area contributed by atoms with Crippen LogP contribution < -0.4 is 10.6 Å². The fraction of sp³-hybridized carbons (Fsp3) is 0.281. The van der Waals surface area contributed by atoms with E-state index in [0.717, 1.165) is 24.3 Å². The maximum atomic E-state index is 12.7. The number of carbonyl (C=O) groups is 1. The van der Waals surface area contributed by atoms with Crippen molar-refractivity contribution in [2.45, 2.75) is 46.8 Å². The Balaban J connectivity index is 0.000000303. The van der Waals surface area contributed by atoms with E-state index in [9.17, 15) is 31.1 Å². The third-order valence-electron chi connectivity index (χ3n) is 6.15. The summed E-state index contributed by atoms with van der Waals surface area (Å²) in [7, 11) is 0. The van der Waals surface area contributed by atoms with Crippen molar-refractivity contribution < 1.29 is 40.6 Å². The lowest BCUT2D eigenvalue weighted by Crippen LogP contribution is -2.23. The van der Waals surface area contributed by atoms with Crippen molar-refractivity contribution in [2.75, 3.05) is 23.8 Å². The molecule has 3 heterocycles. The molecule has 7 nitrogen and oxygen atoms in total. The largest absolute Gasteiger partial charge is 0.416 e. The molecule has 13 heteroatoms. The van der Waals surface area contributed by atoms with Gasteiger partial charge in [-0.25, -0.2) is 0 Å². The van der Waals surface area contributed by atoms with E-state index in [1.165, 1.54) is 43.6 Å². The van der Waals surface area contributed by atoms with Crippen LogP contribution in [0.5, 0.6) is 0 Å². The fourth-order valence-corrected chi connectivity index (χ4v) is 3.95. The molecule has 2 N–H and O–H groups in total. The Morgan fingerprint density at radius 3 is 1.56 bits per heavy atom. The zero-order valence-corrected chi connectivity index (χ0v) is 22.9. The van der Waals surface area contributed by atoms with Crippen LogP contribution in [0.2, 0.25) is 0 Å². The van der Waals surface area contributed by atoms with Crippen LogP contribution in [0.3, 0.4) is 0 Å². The Morgan fingerprint density at radius 2 is 1.18 bits per heavy atom. The molecule has 0 unspecified atom stereocenters. The number of halogens is 6. The van der Waals surface area contributed by atoms with E-state index in [1.54, 1.807) is 31.2 Å². The second kappa shape index (κ2) is 15.0. The summed E-state index contributed by atoms with van der Waals surface area (Å²) in [5, 5.41) is 5.71. The molecule has 242 valence electrons. The number of nitrogens with one attached hydrogen (secondary N) is 2. The smallest absolute Gasteiger partial charge is 0.354 e. The molecule has 0 saturated carbocycles. The van der Waals surface area contributed by atoms with Gasteiger partial charge in [-0.05, 0) is 67.6 Å². The Hall–Kier alpha value is -4.49. The molecule has 4 aromatic rings. The lowest BCUT2D eigenvalue weighted by Gasteiger charge is -2.21. The van der Waals surface area contributed by atoms with Gasteiger partial charge in [0.1, 0.15) is 5.69 Å². The highest BCUT2D eigenvalue weighted by Gasteiger charge is 2.34.